The number of methoxy groups -OCH3 is 1. The Morgan fingerprint density at radius 3 is 2.90 bits per heavy atom. The Morgan fingerprint density at radius 2 is 2.25 bits per heavy atom. The van der Waals surface area contributed by atoms with Crippen molar-refractivity contribution in [2.45, 2.75) is 38.3 Å². The Kier molecular flexibility index (Phi) is 4.79. The van der Waals surface area contributed by atoms with Gasteiger partial charge in [0.15, 0.2) is 5.76 Å². The van der Waals surface area contributed by atoms with E-state index in [9.17, 15) is 9.59 Å². The van der Waals surface area contributed by atoms with Gasteiger partial charge in [0.2, 0.25) is 0 Å². The molecule has 6 heteroatoms. The van der Waals surface area contributed by atoms with E-state index in [1.54, 1.807) is 17.0 Å². The van der Waals surface area contributed by atoms with Gasteiger partial charge in [-0.15, -0.1) is 0 Å². The third kappa shape index (κ3) is 3.19. The van der Waals surface area contributed by atoms with Crippen LogP contribution in [0, 0.1) is 0 Å². The highest BCUT2D eigenvalue weighted by molar-refractivity contribution is 5.92. The van der Waals surface area contributed by atoms with Crippen LogP contribution in [0.25, 0.3) is 0 Å². The molecule has 0 spiro atoms. The van der Waals surface area contributed by atoms with Crippen molar-refractivity contribution >= 4 is 11.9 Å². The van der Waals surface area contributed by atoms with Crippen LogP contribution in [-0.2, 0) is 16.1 Å². The highest BCUT2D eigenvalue weighted by Gasteiger charge is 2.30. The summed E-state index contributed by atoms with van der Waals surface area (Å²) in [4.78, 5) is 25.6. The van der Waals surface area contributed by atoms with E-state index >= 15 is 0 Å². The molecule has 2 N–H and O–H groups in total. The molecule has 2 rings (SSSR count). The van der Waals surface area contributed by atoms with Gasteiger partial charge in [-0.2, -0.15) is 0 Å². The minimum atomic E-state index is -0.295. The fourth-order valence-corrected chi connectivity index (χ4v) is 2.50. The molecule has 20 heavy (non-hydrogen) atoms. The first kappa shape index (κ1) is 14.6. The number of amides is 1. The maximum Gasteiger partial charge on any atom is 0.307 e. The average molecular weight is 280 g/mol. The number of carbonyl (C=O) groups is 2. The Labute approximate surface area is 117 Å². The first-order valence-corrected chi connectivity index (χ1v) is 6.82. The van der Waals surface area contributed by atoms with Crippen molar-refractivity contribution in [3.63, 3.8) is 0 Å². The molecule has 1 fully saturated rings. The molecule has 0 saturated carbocycles. The van der Waals surface area contributed by atoms with Crippen molar-refractivity contribution in [1.29, 1.82) is 0 Å². The zero-order chi connectivity index (χ0) is 14.5. The van der Waals surface area contributed by atoms with Crippen molar-refractivity contribution in [1.82, 2.24) is 4.90 Å². The number of esters is 1. The average Bonchev–Trinajstić information content (AvgIpc) is 2.96. The molecular weight excluding hydrogens is 260 g/mol. The van der Waals surface area contributed by atoms with E-state index in [0.29, 0.717) is 12.3 Å². The summed E-state index contributed by atoms with van der Waals surface area (Å²) in [6.07, 6.45) is 2.99. The van der Waals surface area contributed by atoms with Crippen LogP contribution in [0.15, 0.2) is 16.5 Å². The fourth-order valence-electron chi connectivity index (χ4n) is 2.50. The number of rotatable bonds is 4. The number of ether oxygens (including phenoxy) is 1. The predicted octanol–water partition coefficient (Wildman–Crippen LogP) is 1.30. The topological polar surface area (TPSA) is 85.8 Å². The van der Waals surface area contributed by atoms with Gasteiger partial charge in [-0.05, 0) is 31.4 Å². The summed E-state index contributed by atoms with van der Waals surface area (Å²) in [5.74, 6) is 0.382. The summed E-state index contributed by atoms with van der Waals surface area (Å²) in [6, 6.07) is 3.22. The number of hydrogen-bond donors (Lipinski definition) is 1. The lowest BCUT2D eigenvalue weighted by molar-refractivity contribution is -0.142. The smallest absolute Gasteiger partial charge is 0.307 e. The van der Waals surface area contributed by atoms with Gasteiger partial charge >= 0.3 is 5.97 Å². The molecule has 1 amide bonds. The maximum atomic E-state index is 12.4. The van der Waals surface area contributed by atoms with E-state index in [2.05, 4.69) is 0 Å². The van der Waals surface area contributed by atoms with Crippen LogP contribution in [0.2, 0.25) is 0 Å². The number of furan rings is 1. The second kappa shape index (κ2) is 6.56. The van der Waals surface area contributed by atoms with Gasteiger partial charge in [0.25, 0.3) is 5.91 Å². The number of hydrogen-bond acceptors (Lipinski definition) is 5. The van der Waals surface area contributed by atoms with Crippen molar-refractivity contribution in [3.8, 4) is 0 Å². The van der Waals surface area contributed by atoms with Crippen LogP contribution in [-0.4, -0.2) is 36.5 Å². The normalized spacial score (nSPS) is 18.9. The van der Waals surface area contributed by atoms with Gasteiger partial charge in [-0.25, -0.2) is 0 Å². The number of nitrogens with zero attached hydrogens (tertiary/aromatic N) is 1. The molecule has 6 nitrogen and oxygen atoms in total. The fraction of sp³-hybridized carbons (Fsp3) is 0.571. The highest BCUT2D eigenvalue weighted by Crippen LogP contribution is 2.23. The predicted molar refractivity (Wildman–Crippen MR) is 71.9 cm³/mol. The first-order chi connectivity index (χ1) is 9.65. The van der Waals surface area contributed by atoms with E-state index in [1.165, 1.54) is 7.11 Å². The summed E-state index contributed by atoms with van der Waals surface area (Å²) < 4.78 is 10.1. The second-order valence-electron chi connectivity index (χ2n) is 4.90. The molecule has 1 aromatic rings. The molecule has 1 atom stereocenters. The van der Waals surface area contributed by atoms with Crippen molar-refractivity contribution in [2.24, 2.45) is 5.73 Å². The van der Waals surface area contributed by atoms with E-state index in [-0.39, 0.29) is 36.6 Å². The van der Waals surface area contributed by atoms with E-state index in [0.717, 1.165) is 19.3 Å². The lowest BCUT2D eigenvalue weighted by atomic mass is 9.99. The van der Waals surface area contributed by atoms with Gasteiger partial charge in [-0.1, -0.05) is 0 Å². The third-order valence-electron chi connectivity index (χ3n) is 3.59. The summed E-state index contributed by atoms with van der Waals surface area (Å²) in [5, 5.41) is 0. The SMILES string of the molecule is COC(=O)CC1CCCCN1C(=O)c1ccc(CN)o1. The number of nitrogens with two attached hydrogens (primary N) is 1. The van der Waals surface area contributed by atoms with Crippen LogP contribution in [0.5, 0.6) is 0 Å². The summed E-state index contributed by atoms with van der Waals surface area (Å²) in [6.45, 7) is 0.901. The largest absolute Gasteiger partial charge is 0.469 e. The van der Waals surface area contributed by atoms with Crippen molar-refractivity contribution < 1.29 is 18.7 Å². The minimum Gasteiger partial charge on any atom is -0.469 e. The summed E-state index contributed by atoms with van der Waals surface area (Å²) in [5.41, 5.74) is 5.47. The molecule has 0 bridgehead atoms. The zero-order valence-electron chi connectivity index (χ0n) is 11.6. The van der Waals surface area contributed by atoms with Gasteiger partial charge in [0, 0.05) is 12.6 Å². The quantitative estimate of drug-likeness (QED) is 0.840. The molecule has 110 valence electrons. The number of carbonyl (C=O) groups excluding carboxylic acids is 2. The van der Waals surface area contributed by atoms with Crippen LogP contribution >= 0.6 is 0 Å². The monoisotopic (exact) mass is 280 g/mol. The third-order valence-corrected chi connectivity index (χ3v) is 3.59. The van der Waals surface area contributed by atoms with E-state index in [1.807, 2.05) is 0 Å². The number of piperidine rings is 1. The molecule has 1 aromatic heterocycles. The van der Waals surface area contributed by atoms with Gasteiger partial charge in [0.05, 0.1) is 20.1 Å². The van der Waals surface area contributed by atoms with E-state index in [4.69, 9.17) is 14.9 Å². The molecular formula is C14H20N2O4. The Bertz CT molecular complexity index is 483. The van der Waals surface area contributed by atoms with Crippen LogP contribution in [0.3, 0.4) is 0 Å². The molecule has 1 saturated heterocycles. The molecule has 0 radical (unpaired) electrons. The lowest BCUT2D eigenvalue weighted by Gasteiger charge is -2.34. The molecule has 2 heterocycles. The van der Waals surface area contributed by atoms with Crippen molar-refractivity contribution in [2.75, 3.05) is 13.7 Å². The summed E-state index contributed by atoms with van der Waals surface area (Å²) in [7, 11) is 1.36. The van der Waals surface area contributed by atoms with Gasteiger partial charge in [0.1, 0.15) is 5.76 Å². The Hall–Kier alpha value is -1.82. The van der Waals surface area contributed by atoms with Crippen LogP contribution in [0.4, 0.5) is 0 Å². The van der Waals surface area contributed by atoms with Crippen LogP contribution < -0.4 is 5.73 Å². The standard InChI is InChI=1S/C14H20N2O4/c1-19-13(17)8-10-4-2-3-7-16(10)14(18)12-6-5-11(9-15)20-12/h5-6,10H,2-4,7-9,15H2,1H3. The lowest BCUT2D eigenvalue weighted by Crippen LogP contribution is -2.44. The molecule has 1 unspecified atom stereocenters. The molecule has 0 aromatic carbocycles. The van der Waals surface area contributed by atoms with Crippen molar-refractivity contribution in [3.05, 3.63) is 23.7 Å². The Morgan fingerprint density at radius 1 is 1.45 bits per heavy atom. The first-order valence-electron chi connectivity index (χ1n) is 6.82. The Balaban J connectivity index is 2.10. The van der Waals surface area contributed by atoms with Gasteiger partial charge < -0.3 is 19.8 Å². The second-order valence-corrected chi connectivity index (χ2v) is 4.90. The maximum absolute atomic E-state index is 12.4. The zero-order valence-corrected chi connectivity index (χ0v) is 11.6. The molecule has 1 aliphatic rings. The minimum absolute atomic E-state index is 0.116. The summed E-state index contributed by atoms with van der Waals surface area (Å²) >= 11 is 0. The number of likely N-dealkylation sites (tertiary alicyclic amines) is 1. The van der Waals surface area contributed by atoms with E-state index < -0.39 is 0 Å². The van der Waals surface area contributed by atoms with Crippen LogP contribution in [0.1, 0.15) is 42.0 Å². The molecule has 0 aliphatic carbocycles. The molecule has 1 aliphatic heterocycles. The highest BCUT2D eigenvalue weighted by atomic mass is 16.5. The van der Waals surface area contributed by atoms with Gasteiger partial charge in [-0.3, -0.25) is 9.59 Å².